The van der Waals surface area contributed by atoms with Crippen molar-refractivity contribution in [1.29, 1.82) is 0 Å². The number of unbranched alkanes of at least 4 members (excludes halogenated alkanes) is 18. The Labute approximate surface area is 286 Å². The van der Waals surface area contributed by atoms with Gasteiger partial charge in [0.15, 0.2) is 6.29 Å². The summed E-state index contributed by atoms with van der Waals surface area (Å²) in [5.41, 5.74) is 0. The van der Waals surface area contributed by atoms with E-state index in [9.17, 15) is 30.3 Å². The lowest BCUT2D eigenvalue weighted by Gasteiger charge is -2.40. The van der Waals surface area contributed by atoms with Crippen LogP contribution >= 0.6 is 0 Å². The van der Waals surface area contributed by atoms with E-state index in [1.807, 2.05) is 6.08 Å². The van der Waals surface area contributed by atoms with Gasteiger partial charge in [-0.25, -0.2) is 0 Å². The van der Waals surface area contributed by atoms with E-state index in [1.54, 1.807) is 6.08 Å². The summed E-state index contributed by atoms with van der Waals surface area (Å²) in [5.74, 6) is -0.190. The predicted octanol–water partition coefficient (Wildman–Crippen LogP) is 6.38. The Morgan fingerprint density at radius 3 is 1.79 bits per heavy atom. The highest BCUT2D eigenvalue weighted by Crippen LogP contribution is 2.22. The van der Waals surface area contributed by atoms with Crippen LogP contribution in [0.3, 0.4) is 0 Å². The third kappa shape index (κ3) is 21.4. The number of allylic oxidation sites excluding steroid dienone is 3. The lowest BCUT2D eigenvalue weighted by molar-refractivity contribution is -0.302. The van der Waals surface area contributed by atoms with Crippen LogP contribution in [0.15, 0.2) is 24.3 Å². The third-order valence-electron chi connectivity index (χ3n) is 9.03. The fourth-order valence-corrected chi connectivity index (χ4v) is 5.88. The molecule has 1 rings (SSSR count). The van der Waals surface area contributed by atoms with Gasteiger partial charge in [-0.2, -0.15) is 0 Å². The Kier molecular flexibility index (Phi) is 27.5. The van der Waals surface area contributed by atoms with Crippen molar-refractivity contribution in [3.63, 3.8) is 0 Å². The summed E-state index contributed by atoms with van der Waals surface area (Å²) >= 11 is 0. The molecular formula is C38H71NO8. The second kappa shape index (κ2) is 29.6. The van der Waals surface area contributed by atoms with Crippen LogP contribution in [0.2, 0.25) is 0 Å². The van der Waals surface area contributed by atoms with Gasteiger partial charge in [0.1, 0.15) is 24.4 Å². The summed E-state index contributed by atoms with van der Waals surface area (Å²) in [6, 6.07) is -0.813. The molecule has 1 heterocycles. The van der Waals surface area contributed by atoms with E-state index in [0.29, 0.717) is 6.42 Å². The van der Waals surface area contributed by atoms with Crippen molar-refractivity contribution in [1.82, 2.24) is 5.32 Å². The average molecular weight is 670 g/mol. The van der Waals surface area contributed by atoms with Crippen LogP contribution in [0.4, 0.5) is 0 Å². The molecule has 0 aromatic rings. The third-order valence-corrected chi connectivity index (χ3v) is 9.03. The Bertz CT molecular complexity index is 792. The van der Waals surface area contributed by atoms with Crippen molar-refractivity contribution in [3.8, 4) is 0 Å². The van der Waals surface area contributed by atoms with E-state index in [1.165, 1.54) is 96.3 Å². The molecule has 1 amide bonds. The minimum atomic E-state index is -1.57. The van der Waals surface area contributed by atoms with Gasteiger partial charge in [0.2, 0.25) is 5.91 Å². The molecule has 7 unspecified atom stereocenters. The van der Waals surface area contributed by atoms with Gasteiger partial charge >= 0.3 is 0 Å². The average Bonchev–Trinajstić information content (AvgIpc) is 3.07. The van der Waals surface area contributed by atoms with Crippen LogP contribution in [0.25, 0.3) is 0 Å². The van der Waals surface area contributed by atoms with E-state index in [0.717, 1.165) is 38.5 Å². The molecule has 1 fully saturated rings. The predicted molar refractivity (Wildman–Crippen MR) is 189 cm³/mol. The summed E-state index contributed by atoms with van der Waals surface area (Å²) in [7, 11) is 0. The van der Waals surface area contributed by atoms with Crippen LogP contribution in [0.5, 0.6) is 0 Å². The maximum atomic E-state index is 12.8. The molecule has 276 valence electrons. The SMILES string of the molecule is CCCCCCC/C=C/CC/C=C/C(O)C(COC1OC(CO)C(O)C(O)C1O)NC(=O)CCCCCCCCCCCCCCC. The molecule has 9 nitrogen and oxygen atoms in total. The molecule has 0 saturated carbocycles. The van der Waals surface area contributed by atoms with Gasteiger partial charge in [0, 0.05) is 6.42 Å². The smallest absolute Gasteiger partial charge is 0.220 e. The zero-order valence-electron chi connectivity index (χ0n) is 29.8. The van der Waals surface area contributed by atoms with Gasteiger partial charge in [-0.3, -0.25) is 4.79 Å². The van der Waals surface area contributed by atoms with Crippen molar-refractivity contribution in [2.45, 2.75) is 198 Å². The summed E-state index contributed by atoms with van der Waals surface area (Å²) in [4.78, 5) is 12.8. The number of carbonyl (C=O) groups excluding carboxylic acids is 1. The zero-order valence-corrected chi connectivity index (χ0v) is 29.8. The molecule has 0 aromatic carbocycles. The van der Waals surface area contributed by atoms with Crippen molar-refractivity contribution >= 4 is 5.91 Å². The number of ether oxygens (including phenoxy) is 2. The summed E-state index contributed by atoms with van der Waals surface area (Å²) in [6.07, 6.45) is 25.1. The van der Waals surface area contributed by atoms with E-state index in [4.69, 9.17) is 9.47 Å². The van der Waals surface area contributed by atoms with E-state index in [-0.39, 0.29) is 12.5 Å². The molecule has 47 heavy (non-hydrogen) atoms. The number of carbonyl (C=O) groups is 1. The monoisotopic (exact) mass is 670 g/mol. The molecule has 0 aromatic heterocycles. The summed E-state index contributed by atoms with van der Waals surface area (Å²) < 4.78 is 11.1. The van der Waals surface area contributed by atoms with Crippen LogP contribution < -0.4 is 5.32 Å². The first-order valence-electron chi connectivity index (χ1n) is 19.1. The van der Waals surface area contributed by atoms with Gasteiger partial charge in [0.05, 0.1) is 25.4 Å². The van der Waals surface area contributed by atoms with Crippen LogP contribution in [-0.2, 0) is 14.3 Å². The first kappa shape index (κ1) is 43.7. The second-order valence-electron chi connectivity index (χ2n) is 13.4. The van der Waals surface area contributed by atoms with Crippen LogP contribution in [-0.4, -0.2) is 87.5 Å². The fraction of sp³-hybridized carbons (Fsp3) is 0.868. The lowest BCUT2D eigenvalue weighted by atomic mass is 9.99. The van der Waals surface area contributed by atoms with Gasteiger partial charge in [-0.05, 0) is 32.1 Å². The highest BCUT2D eigenvalue weighted by Gasteiger charge is 2.44. The number of hydrogen-bond donors (Lipinski definition) is 6. The number of nitrogens with one attached hydrogen (secondary N) is 1. The Hall–Kier alpha value is -1.33. The van der Waals surface area contributed by atoms with Gasteiger partial charge < -0.3 is 40.3 Å². The van der Waals surface area contributed by atoms with Gasteiger partial charge in [-0.1, -0.05) is 141 Å². The number of rotatable bonds is 30. The molecule has 0 radical (unpaired) electrons. The second-order valence-corrected chi connectivity index (χ2v) is 13.4. The molecule has 1 aliphatic heterocycles. The number of hydrogen-bond acceptors (Lipinski definition) is 8. The van der Waals surface area contributed by atoms with E-state index < -0.39 is 49.5 Å². The lowest BCUT2D eigenvalue weighted by Crippen LogP contribution is -2.60. The standard InChI is InChI=1S/C38H71NO8/c1-3-5-7-9-11-13-15-16-18-20-22-24-26-28-34(42)39-31(30-46-38-37(45)36(44)35(43)33(29-40)47-38)32(41)27-25-23-21-19-17-14-12-10-8-6-4-2/h17,19,25,27,31-33,35-38,40-41,43-45H,3-16,18,20-24,26,28-30H2,1-2H3,(H,39,42)/b19-17+,27-25+. The van der Waals surface area contributed by atoms with Gasteiger partial charge in [-0.15, -0.1) is 0 Å². The normalized spacial score (nSPS) is 23.1. The molecule has 7 atom stereocenters. The van der Waals surface area contributed by atoms with Crippen molar-refractivity contribution in [3.05, 3.63) is 24.3 Å². The zero-order chi connectivity index (χ0) is 34.5. The van der Waals surface area contributed by atoms with Crippen LogP contribution in [0, 0.1) is 0 Å². The van der Waals surface area contributed by atoms with Crippen molar-refractivity contribution in [2.24, 2.45) is 0 Å². The van der Waals surface area contributed by atoms with Crippen molar-refractivity contribution in [2.75, 3.05) is 13.2 Å². The molecule has 0 bridgehead atoms. The minimum absolute atomic E-state index is 0.190. The van der Waals surface area contributed by atoms with Crippen LogP contribution in [0.1, 0.15) is 155 Å². The Morgan fingerprint density at radius 1 is 0.702 bits per heavy atom. The Balaban J connectivity index is 2.48. The molecule has 1 aliphatic rings. The first-order valence-corrected chi connectivity index (χ1v) is 19.1. The molecule has 0 spiro atoms. The molecular weight excluding hydrogens is 598 g/mol. The fourth-order valence-electron chi connectivity index (χ4n) is 5.88. The minimum Gasteiger partial charge on any atom is -0.394 e. The van der Waals surface area contributed by atoms with E-state index >= 15 is 0 Å². The molecule has 9 heteroatoms. The topological polar surface area (TPSA) is 149 Å². The maximum absolute atomic E-state index is 12.8. The van der Waals surface area contributed by atoms with Crippen molar-refractivity contribution < 1.29 is 39.8 Å². The molecule has 0 aliphatic carbocycles. The molecule has 1 saturated heterocycles. The largest absolute Gasteiger partial charge is 0.394 e. The number of aliphatic hydroxyl groups excluding tert-OH is 5. The highest BCUT2D eigenvalue weighted by molar-refractivity contribution is 5.76. The summed E-state index contributed by atoms with van der Waals surface area (Å²) in [5, 5.41) is 53.8. The maximum Gasteiger partial charge on any atom is 0.220 e. The first-order chi connectivity index (χ1) is 22.8. The highest BCUT2D eigenvalue weighted by atomic mass is 16.7. The Morgan fingerprint density at radius 2 is 1.21 bits per heavy atom. The quantitative estimate of drug-likeness (QED) is 0.0381. The number of amides is 1. The number of aliphatic hydroxyl groups is 5. The van der Waals surface area contributed by atoms with E-state index in [2.05, 4.69) is 31.3 Å². The summed E-state index contributed by atoms with van der Waals surface area (Å²) in [6.45, 7) is 3.70. The van der Waals surface area contributed by atoms with Gasteiger partial charge in [0.25, 0.3) is 0 Å². The molecule has 6 N–H and O–H groups in total.